The van der Waals surface area contributed by atoms with Crippen LogP contribution in [0, 0.1) is 19.8 Å². The van der Waals surface area contributed by atoms with Crippen molar-refractivity contribution < 1.29 is 0 Å². The molecule has 2 unspecified atom stereocenters. The average Bonchev–Trinajstić information content (AvgIpc) is 2.33. The van der Waals surface area contributed by atoms with Gasteiger partial charge in [-0.25, -0.2) is 0 Å². The Kier molecular flexibility index (Phi) is 3.89. The molecule has 0 radical (unpaired) electrons. The third kappa shape index (κ3) is 2.14. The zero-order valence-electron chi connectivity index (χ0n) is 11.2. The van der Waals surface area contributed by atoms with E-state index in [0.29, 0.717) is 5.92 Å². The molecule has 0 N–H and O–H groups in total. The van der Waals surface area contributed by atoms with Crippen LogP contribution in [0.15, 0.2) is 39.3 Å². The molecule has 0 bridgehead atoms. The topological polar surface area (TPSA) is 0 Å². The van der Waals surface area contributed by atoms with Gasteiger partial charge in [-0.1, -0.05) is 76.1 Å². The van der Waals surface area contributed by atoms with E-state index in [4.69, 9.17) is 0 Å². The van der Waals surface area contributed by atoms with E-state index in [2.05, 4.69) is 89.9 Å². The van der Waals surface area contributed by atoms with Gasteiger partial charge in [0.1, 0.15) is 0 Å². The van der Waals surface area contributed by atoms with Crippen molar-refractivity contribution in [2.24, 2.45) is 5.92 Å². The van der Waals surface area contributed by atoms with Crippen LogP contribution in [-0.2, 0) is 5.41 Å². The summed E-state index contributed by atoms with van der Waals surface area (Å²) in [6.45, 7) is 8.90. The second-order valence-corrected chi connectivity index (χ2v) is 6.99. The van der Waals surface area contributed by atoms with Crippen molar-refractivity contribution in [3.8, 4) is 0 Å². The smallest absolute Gasteiger partial charge is 0.0248 e. The molecule has 0 aliphatic heterocycles. The third-order valence-corrected chi connectivity index (χ3v) is 6.22. The van der Waals surface area contributed by atoms with Crippen molar-refractivity contribution >= 4 is 31.9 Å². The fourth-order valence-electron chi connectivity index (χ4n) is 2.44. The highest BCUT2D eigenvalue weighted by Crippen LogP contribution is 2.45. The predicted molar refractivity (Wildman–Crippen MR) is 86.3 cm³/mol. The van der Waals surface area contributed by atoms with Gasteiger partial charge in [-0.2, -0.15) is 0 Å². The molecule has 0 saturated heterocycles. The van der Waals surface area contributed by atoms with Crippen LogP contribution >= 0.6 is 31.9 Å². The number of aryl methyl sites for hydroxylation is 1. The summed E-state index contributed by atoms with van der Waals surface area (Å²) in [4.78, 5) is 0. The Morgan fingerprint density at radius 1 is 1.17 bits per heavy atom. The summed E-state index contributed by atoms with van der Waals surface area (Å²) in [7, 11) is 0. The molecular formula is C16H18Br2. The molecule has 2 atom stereocenters. The molecule has 0 amide bonds. The maximum Gasteiger partial charge on any atom is 0.0248 e. The molecule has 0 fully saturated rings. The van der Waals surface area contributed by atoms with Crippen LogP contribution in [0.2, 0.25) is 0 Å². The number of benzene rings is 1. The molecule has 1 aromatic rings. The highest BCUT2D eigenvalue weighted by molar-refractivity contribution is 9.11. The molecule has 96 valence electrons. The molecule has 0 spiro atoms. The van der Waals surface area contributed by atoms with Gasteiger partial charge in [0.05, 0.1) is 0 Å². The highest BCUT2D eigenvalue weighted by atomic mass is 79.9. The van der Waals surface area contributed by atoms with Crippen LogP contribution in [-0.4, -0.2) is 0 Å². The van der Waals surface area contributed by atoms with Crippen molar-refractivity contribution in [1.82, 2.24) is 0 Å². The van der Waals surface area contributed by atoms with Crippen LogP contribution in [0.5, 0.6) is 0 Å². The largest absolute Gasteiger partial charge is 0.0735 e. The minimum atomic E-state index is 0.0326. The quantitative estimate of drug-likeness (QED) is 0.586. The summed E-state index contributed by atoms with van der Waals surface area (Å²) in [6, 6.07) is 4.46. The monoisotopic (exact) mass is 368 g/mol. The Balaban J connectivity index is 2.59. The van der Waals surface area contributed by atoms with E-state index in [1.54, 1.807) is 0 Å². The van der Waals surface area contributed by atoms with E-state index < -0.39 is 0 Å². The lowest BCUT2D eigenvalue weighted by molar-refractivity contribution is 0.451. The fourth-order valence-corrected chi connectivity index (χ4v) is 3.94. The van der Waals surface area contributed by atoms with Gasteiger partial charge in [-0.3, -0.25) is 0 Å². The van der Waals surface area contributed by atoms with E-state index in [1.807, 2.05) is 0 Å². The van der Waals surface area contributed by atoms with E-state index in [9.17, 15) is 0 Å². The van der Waals surface area contributed by atoms with Gasteiger partial charge < -0.3 is 0 Å². The van der Waals surface area contributed by atoms with E-state index in [1.165, 1.54) is 25.6 Å². The van der Waals surface area contributed by atoms with Gasteiger partial charge in [0, 0.05) is 15.8 Å². The Morgan fingerprint density at radius 2 is 1.83 bits per heavy atom. The Hall–Kier alpha value is -0.340. The number of rotatable bonds is 1. The lowest BCUT2D eigenvalue weighted by atomic mass is 9.70. The van der Waals surface area contributed by atoms with E-state index >= 15 is 0 Å². The first kappa shape index (κ1) is 14.1. The van der Waals surface area contributed by atoms with Gasteiger partial charge in [0.15, 0.2) is 0 Å². The molecule has 1 aliphatic rings. The summed E-state index contributed by atoms with van der Waals surface area (Å²) in [6.07, 6.45) is 6.59. The molecule has 0 heterocycles. The normalized spacial score (nSPS) is 27.2. The predicted octanol–water partition coefficient (Wildman–Crippen LogP) is 5.81. The van der Waals surface area contributed by atoms with Crippen molar-refractivity contribution in [3.63, 3.8) is 0 Å². The lowest BCUT2D eigenvalue weighted by Gasteiger charge is -2.37. The molecule has 0 aromatic heterocycles. The summed E-state index contributed by atoms with van der Waals surface area (Å²) in [5, 5.41) is 0. The van der Waals surface area contributed by atoms with Crippen LogP contribution in [0.3, 0.4) is 0 Å². The number of hydrogen-bond acceptors (Lipinski definition) is 0. The molecule has 0 nitrogen and oxygen atoms in total. The lowest BCUT2D eigenvalue weighted by Crippen LogP contribution is -2.30. The standard InChI is InChI=1S/C16H18Br2/c1-10-7-8-13(15(18)11(10)2)16(4)9-5-6-14(17)12(16)3/h5-9,12H,1-4H3. The van der Waals surface area contributed by atoms with Crippen molar-refractivity contribution in [3.05, 3.63) is 56.0 Å². The highest BCUT2D eigenvalue weighted by Gasteiger charge is 2.35. The number of halogens is 2. The molecule has 0 saturated carbocycles. The summed E-state index contributed by atoms with van der Waals surface area (Å²) < 4.78 is 2.50. The molecule has 1 aliphatic carbocycles. The van der Waals surface area contributed by atoms with Crippen LogP contribution in [0.4, 0.5) is 0 Å². The number of allylic oxidation sites excluding steroid dienone is 4. The Bertz CT molecular complexity index is 540. The zero-order chi connectivity index (χ0) is 13.5. The van der Waals surface area contributed by atoms with Gasteiger partial charge in [-0.15, -0.1) is 0 Å². The van der Waals surface area contributed by atoms with Gasteiger partial charge in [0.2, 0.25) is 0 Å². The Morgan fingerprint density at radius 3 is 2.50 bits per heavy atom. The average molecular weight is 370 g/mol. The summed E-state index contributed by atoms with van der Waals surface area (Å²) >= 11 is 7.46. The first-order valence-corrected chi connectivity index (χ1v) is 7.77. The number of hydrogen-bond donors (Lipinski definition) is 0. The molecule has 2 rings (SSSR count). The fraction of sp³-hybridized carbons (Fsp3) is 0.375. The maximum absolute atomic E-state index is 3.78. The van der Waals surface area contributed by atoms with E-state index in [0.717, 1.165) is 0 Å². The van der Waals surface area contributed by atoms with Crippen molar-refractivity contribution in [2.45, 2.75) is 33.1 Å². The minimum absolute atomic E-state index is 0.0326. The van der Waals surface area contributed by atoms with Crippen LogP contribution in [0.1, 0.15) is 30.5 Å². The SMILES string of the molecule is Cc1ccc(C2(C)C=CC=C(Br)C2C)c(Br)c1C. The Labute approximate surface area is 126 Å². The molecule has 18 heavy (non-hydrogen) atoms. The first-order chi connectivity index (χ1) is 8.38. The van der Waals surface area contributed by atoms with Crippen molar-refractivity contribution in [2.75, 3.05) is 0 Å². The molecular weight excluding hydrogens is 352 g/mol. The maximum atomic E-state index is 3.78. The van der Waals surface area contributed by atoms with E-state index in [-0.39, 0.29) is 5.41 Å². The van der Waals surface area contributed by atoms with Gasteiger partial charge in [-0.05, 0) is 35.0 Å². The van der Waals surface area contributed by atoms with Crippen molar-refractivity contribution in [1.29, 1.82) is 0 Å². The molecule has 1 aromatic carbocycles. The van der Waals surface area contributed by atoms with Gasteiger partial charge in [0.25, 0.3) is 0 Å². The summed E-state index contributed by atoms with van der Waals surface area (Å²) in [5.74, 6) is 0.445. The minimum Gasteiger partial charge on any atom is -0.0735 e. The second kappa shape index (κ2) is 4.97. The van der Waals surface area contributed by atoms with Crippen LogP contribution < -0.4 is 0 Å². The zero-order valence-corrected chi connectivity index (χ0v) is 14.4. The second-order valence-electron chi connectivity index (χ2n) is 5.28. The molecule has 2 heteroatoms. The summed E-state index contributed by atoms with van der Waals surface area (Å²) in [5.41, 5.74) is 4.06. The van der Waals surface area contributed by atoms with Gasteiger partial charge >= 0.3 is 0 Å². The third-order valence-electron chi connectivity index (χ3n) is 4.25. The van der Waals surface area contributed by atoms with Crippen LogP contribution in [0.25, 0.3) is 0 Å². The first-order valence-electron chi connectivity index (χ1n) is 6.19.